The number of thiazole rings is 1. The Balaban J connectivity index is 1.38. The molecular weight excluding hydrogens is 470 g/mol. The van der Waals surface area contributed by atoms with Crippen molar-refractivity contribution in [3.63, 3.8) is 0 Å². The average Bonchev–Trinajstić information content (AvgIpc) is 3.47. The minimum atomic E-state index is -0.250. The first-order valence-electron chi connectivity index (χ1n) is 10.6. The SMILES string of the molecule is C=C(C)CNCc1cnc(NC(=O)Cn2cc(Oc3ncnc4cc(OC)c(OC)cc34)cn2)s1. The summed E-state index contributed by atoms with van der Waals surface area (Å²) < 4.78 is 18.1. The Bertz CT molecular complexity index is 1350. The molecule has 0 saturated heterocycles. The summed E-state index contributed by atoms with van der Waals surface area (Å²) in [6.07, 6.45) is 6.26. The summed E-state index contributed by atoms with van der Waals surface area (Å²) in [5.74, 6) is 1.59. The molecule has 11 nitrogen and oxygen atoms in total. The molecule has 1 aromatic carbocycles. The van der Waals surface area contributed by atoms with E-state index in [1.807, 2.05) is 6.92 Å². The first kappa shape index (κ1) is 24.1. The number of aromatic nitrogens is 5. The Hall–Kier alpha value is -4.03. The molecule has 3 aromatic heterocycles. The molecule has 0 aliphatic heterocycles. The molecule has 3 heterocycles. The average molecular weight is 496 g/mol. The number of carbonyl (C=O) groups is 1. The summed E-state index contributed by atoms with van der Waals surface area (Å²) in [6.45, 7) is 7.21. The van der Waals surface area contributed by atoms with Crippen LogP contribution >= 0.6 is 11.3 Å². The van der Waals surface area contributed by atoms with Gasteiger partial charge >= 0.3 is 0 Å². The number of amides is 1. The minimum Gasteiger partial charge on any atom is -0.493 e. The lowest BCUT2D eigenvalue weighted by atomic mass is 10.2. The maximum atomic E-state index is 12.4. The van der Waals surface area contributed by atoms with Crippen molar-refractivity contribution >= 4 is 33.3 Å². The van der Waals surface area contributed by atoms with E-state index < -0.39 is 0 Å². The molecule has 35 heavy (non-hydrogen) atoms. The largest absolute Gasteiger partial charge is 0.493 e. The molecule has 0 radical (unpaired) electrons. The van der Waals surface area contributed by atoms with Crippen molar-refractivity contribution in [1.29, 1.82) is 0 Å². The first-order chi connectivity index (χ1) is 16.9. The highest BCUT2D eigenvalue weighted by Gasteiger charge is 2.14. The molecule has 0 bridgehead atoms. The van der Waals surface area contributed by atoms with Gasteiger partial charge in [0.2, 0.25) is 11.8 Å². The molecule has 0 fully saturated rings. The van der Waals surface area contributed by atoms with Crippen molar-refractivity contribution in [2.75, 3.05) is 26.1 Å². The number of hydrogen-bond acceptors (Lipinski definition) is 10. The van der Waals surface area contributed by atoms with Crippen molar-refractivity contribution < 1.29 is 19.0 Å². The summed E-state index contributed by atoms with van der Waals surface area (Å²) in [5, 5.41) is 11.4. The zero-order chi connectivity index (χ0) is 24.8. The second-order valence-electron chi connectivity index (χ2n) is 7.62. The highest BCUT2D eigenvalue weighted by Crippen LogP contribution is 2.35. The van der Waals surface area contributed by atoms with Gasteiger partial charge in [0.1, 0.15) is 12.9 Å². The Morgan fingerprint density at radius 3 is 2.71 bits per heavy atom. The molecule has 4 aromatic rings. The molecule has 182 valence electrons. The van der Waals surface area contributed by atoms with E-state index in [0.717, 1.165) is 17.0 Å². The highest BCUT2D eigenvalue weighted by atomic mass is 32.1. The van der Waals surface area contributed by atoms with E-state index in [9.17, 15) is 4.79 Å². The predicted molar refractivity (Wildman–Crippen MR) is 132 cm³/mol. The molecule has 0 unspecified atom stereocenters. The molecule has 12 heteroatoms. The van der Waals surface area contributed by atoms with Crippen LogP contribution in [-0.4, -0.2) is 51.4 Å². The molecule has 0 spiro atoms. The Morgan fingerprint density at radius 2 is 1.94 bits per heavy atom. The second-order valence-corrected chi connectivity index (χ2v) is 8.73. The fraction of sp³-hybridized carbons (Fsp3) is 0.261. The summed E-state index contributed by atoms with van der Waals surface area (Å²) in [7, 11) is 3.11. The Labute approximate surface area is 205 Å². The van der Waals surface area contributed by atoms with Crippen LogP contribution in [0.5, 0.6) is 23.1 Å². The van der Waals surface area contributed by atoms with Gasteiger partial charge in [-0.15, -0.1) is 11.3 Å². The van der Waals surface area contributed by atoms with Gasteiger partial charge in [0.25, 0.3) is 0 Å². The highest BCUT2D eigenvalue weighted by molar-refractivity contribution is 7.15. The molecule has 4 rings (SSSR count). The van der Waals surface area contributed by atoms with Gasteiger partial charge in [0.05, 0.1) is 37.5 Å². The van der Waals surface area contributed by atoms with Crippen LogP contribution < -0.4 is 24.8 Å². The van der Waals surface area contributed by atoms with Crippen LogP contribution in [0.4, 0.5) is 5.13 Å². The van der Waals surface area contributed by atoms with Gasteiger partial charge in [0, 0.05) is 30.2 Å². The van der Waals surface area contributed by atoms with Crippen LogP contribution in [0, 0.1) is 0 Å². The zero-order valence-electron chi connectivity index (χ0n) is 19.6. The van der Waals surface area contributed by atoms with Crippen LogP contribution in [-0.2, 0) is 17.9 Å². The molecule has 0 aliphatic carbocycles. The maximum absolute atomic E-state index is 12.4. The van der Waals surface area contributed by atoms with Crippen LogP contribution in [0.1, 0.15) is 11.8 Å². The third-order valence-corrected chi connectivity index (χ3v) is 5.67. The second kappa shape index (κ2) is 10.9. The number of methoxy groups -OCH3 is 2. The third-order valence-electron chi connectivity index (χ3n) is 4.76. The summed E-state index contributed by atoms with van der Waals surface area (Å²) in [6, 6.07) is 3.49. The number of nitrogens with one attached hydrogen (secondary N) is 2. The summed E-state index contributed by atoms with van der Waals surface area (Å²) in [5.41, 5.74) is 1.69. The fourth-order valence-electron chi connectivity index (χ4n) is 3.19. The topological polar surface area (TPSA) is 125 Å². The lowest BCUT2D eigenvalue weighted by Crippen LogP contribution is -2.18. The number of fused-ring (bicyclic) bond motifs is 1. The van der Waals surface area contributed by atoms with Gasteiger partial charge in [-0.25, -0.2) is 15.0 Å². The number of hydrogen-bond donors (Lipinski definition) is 2. The number of benzene rings is 1. The monoisotopic (exact) mass is 495 g/mol. The van der Waals surface area contributed by atoms with Crippen LogP contribution in [0.25, 0.3) is 10.9 Å². The van der Waals surface area contributed by atoms with Crippen molar-refractivity contribution in [1.82, 2.24) is 30.0 Å². The number of rotatable bonds is 11. The Kier molecular flexibility index (Phi) is 7.53. The van der Waals surface area contributed by atoms with Crippen molar-refractivity contribution in [2.24, 2.45) is 0 Å². The molecular formula is C23H25N7O4S. The smallest absolute Gasteiger partial charge is 0.247 e. The van der Waals surface area contributed by atoms with Crippen molar-refractivity contribution in [2.45, 2.75) is 20.0 Å². The van der Waals surface area contributed by atoms with E-state index in [2.05, 4.69) is 37.3 Å². The van der Waals surface area contributed by atoms with Gasteiger partial charge in [-0.05, 0) is 13.0 Å². The summed E-state index contributed by atoms with van der Waals surface area (Å²) in [4.78, 5) is 26.2. The van der Waals surface area contributed by atoms with E-state index in [4.69, 9.17) is 14.2 Å². The van der Waals surface area contributed by atoms with Crippen LogP contribution in [0.2, 0.25) is 0 Å². The van der Waals surface area contributed by atoms with E-state index in [0.29, 0.717) is 45.7 Å². The molecule has 0 atom stereocenters. The third kappa shape index (κ3) is 6.11. The standard InChI is InChI=1S/C23H25N7O4S/c1-14(2)7-24-9-16-10-25-23(35-16)29-21(31)12-30-11-15(8-28-30)34-22-17-5-19(32-3)20(33-4)6-18(17)26-13-27-22/h5-6,8,10-11,13,24H,1,7,9,12H2,2-4H3,(H,25,29,31). The summed E-state index contributed by atoms with van der Waals surface area (Å²) >= 11 is 1.41. The lowest BCUT2D eigenvalue weighted by molar-refractivity contribution is -0.116. The quantitative estimate of drug-likeness (QED) is 0.301. The van der Waals surface area contributed by atoms with Gasteiger partial charge in [-0.1, -0.05) is 12.2 Å². The molecule has 0 saturated carbocycles. The Morgan fingerprint density at radius 1 is 1.14 bits per heavy atom. The van der Waals surface area contributed by atoms with Gasteiger partial charge < -0.3 is 24.8 Å². The zero-order valence-corrected chi connectivity index (χ0v) is 20.4. The number of ether oxygens (including phenoxy) is 3. The fourth-order valence-corrected chi connectivity index (χ4v) is 3.99. The molecule has 0 aliphatic rings. The predicted octanol–water partition coefficient (Wildman–Crippen LogP) is 3.40. The maximum Gasteiger partial charge on any atom is 0.247 e. The normalized spacial score (nSPS) is 10.8. The van der Waals surface area contributed by atoms with Crippen LogP contribution in [0.3, 0.4) is 0 Å². The molecule has 2 N–H and O–H groups in total. The molecule has 1 amide bonds. The van der Waals surface area contributed by atoms with Gasteiger partial charge in [-0.3, -0.25) is 9.48 Å². The van der Waals surface area contributed by atoms with E-state index in [1.165, 1.54) is 28.5 Å². The number of nitrogens with zero attached hydrogens (tertiary/aromatic N) is 5. The van der Waals surface area contributed by atoms with Crippen LogP contribution in [0.15, 0.2) is 49.2 Å². The van der Waals surface area contributed by atoms with Gasteiger partial charge in [0.15, 0.2) is 22.4 Å². The van der Waals surface area contributed by atoms with Gasteiger partial charge in [-0.2, -0.15) is 5.10 Å². The van der Waals surface area contributed by atoms with E-state index in [1.54, 1.807) is 38.7 Å². The van der Waals surface area contributed by atoms with E-state index >= 15 is 0 Å². The lowest BCUT2D eigenvalue weighted by Gasteiger charge is -2.10. The first-order valence-corrected chi connectivity index (χ1v) is 11.4. The minimum absolute atomic E-state index is 0.00171. The van der Waals surface area contributed by atoms with Crippen molar-refractivity contribution in [3.8, 4) is 23.1 Å². The number of anilines is 1. The number of carbonyl (C=O) groups excluding carboxylic acids is 1. The van der Waals surface area contributed by atoms with E-state index in [-0.39, 0.29) is 12.5 Å². The van der Waals surface area contributed by atoms with Crippen molar-refractivity contribution in [3.05, 3.63) is 54.1 Å².